The van der Waals surface area contributed by atoms with Gasteiger partial charge in [-0.15, -0.1) is 0 Å². The third-order valence-electron chi connectivity index (χ3n) is 5.11. The molecule has 2 rings (SSSR count). The van der Waals surface area contributed by atoms with Crippen LogP contribution in [0, 0.1) is 11.8 Å². The molecule has 0 aromatic heterocycles. The normalized spacial score (nSPS) is 22.0. The molecule has 0 radical (unpaired) electrons. The van der Waals surface area contributed by atoms with Crippen LogP contribution in [0.5, 0.6) is 0 Å². The first kappa shape index (κ1) is 17.0. The molecule has 0 bridgehead atoms. The molecule has 1 heteroatoms. The molecule has 22 heavy (non-hydrogen) atoms. The summed E-state index contributed by atoms with van der Waals surface area (Å²) in [5, 5.41) is 0. The highest BCUT2D eigenvalue weighted by Crippen LogP contribution is 2.32. The average molecular weight is 298 g/mol. The summed E-state index contributed by atoms with van der Waals surface area (Å²) in [4.78, 5) is 10.4. The zero-order valence-corrected chi connectivity index (χ0v) is 14.0. The second-order valence-corrected chi connectivity index (χ2v) is 6.72. The average Bonchev–Trinajstić information content (AvgIpc) is 2.58. The fourth-order valence-electron chi connectivity index (χ4n) is 3.58. The predicted molar refractivity (Wildman–Crippen MR) is 94.0 cm³/mol. The summed E-state index contributed by atoms with van der Waals surface area (Å²) in [6.07, 6.45) is 16.3. The van der Waals surface area contributed by atoms with Crippen LogP contribution in [0.25, 0.3) is 0 Å². The van der Waals surface area contributed by atoms with Crippen molar-refractivity contribution in [2.24, 2.45) is 11.8 Å². The fraction of sp³-hybridized carbons (Fsp3) is 0.571. The smallest absolute Gasteiger partial charge is 0.142 e. The molecular weight excluding hydrogens is 268 g/mol. The lowest BCUT2D eigenvalue weighted by molar-refractivity contribution is -0.104. The van der Waals surface area contributed by atoms with Crippen molar-refractivity contribution in [1.82, 2.24) is 0 Å². The highest BCUT2D eigenvalue weighted by atomic mass is 16.1. The Balaban J connectivity index is 1.59. The fourth-order valence-corrected chi connectivity index (χ4v) is 3.58. The van der Waals surface area contributed by atoms with Gasteiger partial charge in [-0.25, -0.2) is 0 Å². The second kappa shape index (κ2) is 9.61. The van der Waals surface area contributed by atoms with Crippen molar-refractivity contribution in [3.63, 3.8) is 0 Å². The Hall–Kier alpha value is -1.37. The molecule has 0 atom stereocenters. The number of hydrogen-bond donors (Lipinski definition) is 0. The molecule has 1 fully saturated rings. The third-order valence-corrected chi connectivity index (χ3v) is 5.11. The van der Waals surface area contributed by atoms with Gasteiger partial charge in [-0.3, -0.25) is 4.79 Å². The highest BCUT2D eigenvalue weighted by Gasteiger charge is 2.18. The Morgan fingerprint density at radius 2 is 1.68 bits per heavy atom. The minimum atomic E-state index is 0.651. The number of hydrogen-bond acceptors (Lipinski definition) is 1. The maximum atomic E-state index is 10.4. The number of benzene rings is 1. The van der Waals surface area contributed by atoms with Gasteiger partial charge in [0, 0.05) is 0 Å². The SMILES string of the molecule is CCc1ccc(CCCCC2CCC(/C=C/C=O)CC2)cc1. The standard InChI is InChI=1S/C21H30O/c1-2-18-9-11-19(12-10-18)6-3-4-7-20-13-15-21(16-14-20)8-5-17-22/h5,8-12,17,20-21H,2-4,6-7,13-16H2,1H3/b8-5+. The first-order valence-corrected chi connectivity index (χ1v) is 9.01. The van der Waals surface area contributed by atoms with E-state index >= 15 is 0 Å². The molecule has 0 saturated heterocycles. The molecular formula is C21H30O. The van der Waals surface area contributed by atoms with E-state index in [0.717, 1.165) is 18.6 Å². The summed E-state index contributed by atoms with van der Waals surface area (Å²) in [5.41, 5.74) is 2.92. The molecule has 1 saturated carbocycles. The van der Waals surface area contributed by atoms with Gasteiger partial charge in [0.25, 0.3) is 0 Å². The number of carbonyl (C=O) groups excluding carboxylic acids is 1. The topological polar surface area (TPSA) is 17.1 Å². The number of carbonyl (C=O) groups is 1. The van der Waals surface area contributed by atoms with Gasteiger partial charge >= 0.3 is 0 Å². The molecule has 1 aromatic carbocycles. The highest BCUT2D eigenvalue weighted by molar-refractivity contribution is 5.64. The molecule has 120 valence electrons. The predicted octanol–water partition coefficient (Wildman–Crippen LogP) is 5.52. The monoisotopic (exact) mass is 298 g/mol. The Morgan fingerprint density at radius 3 is 2.32 bits per heavy atom. The number of aryl methyl sites for hydroxylation is 2. The molecule has 1 aliphatic rings. The van der Waals surface area contributed by atoms with E-state index in [1.54, 1.807) is 6.08 Å². The largest absolute Gasteiger partial charge is 0.299 e. The van der Waals surface area contributed by atoms with Gasteiger partial charge in [0.05, 0.1) is 0 Å². The van der Waals surface area contributed by atoms with E-state index in [9.17, 15) is 4.79 Å². The van der Waals surface area contributed by atoms with Crippen molar-refractivity contribution in [1.29, 1.82) is 0 Å². The van der Waals surface area contributed by atoms with Crippen molar-refractivity contribution in [2.45, 2.75) is 64.7 Å². The first-order chi connectivity index (χ1) is 10.8. The molecule has 0 N–H and O–H groups in total. The molecule has 1 aliphatic carbocycles. The van der Waals surface area contributed by atoms with Crippen LogP contribution in [0.1, 0.15) is 63.0 Å². The van der Waals surface area contributed by atoms with Crippen molar-refractivity contribution < 1.29 is 4.79 Å². The Labute approximate surface area is 135 Å². The molecule has 1 aromatic rings. The number of aldehydes is 1. The van der Waals surface area contributed by atoms with Gasteiger partial charge in [-0.1, -0.05) is 50.1 Å². The minimum absolute atomic E-state index is 0.651. The van der Waals surface area contributed by atoms with Gasteiger partial charge in [0.1, 0.15) is 6.29 Å². The van der Waals surface area contributed by atoms with Gasteiger partial charge < -0.3 is 0 Å². The lowest BCUT2D eigenvalue weighted by Gasteiger charge is -2.26. The molecule has 0 amide bonds. The van der Waals surface area contributed by atoms with Gasteiger partial charge in [0.15, 0.2) is 0 Å². The van der Waals surface area contributed by atoms with E-state index in [-0.39, 0.29) is 0 Å². The maximum Gasteiger partial charge on any atom is 0.142 e. The van der Waals surface area contributed by atoms with Crippen LogP contribution in [0.3, 0.4) is 0 Å². The Bertz CT molecular complexity index is 449. The first-order valence-electron chi connectivity index (χ1n) is 9.01. The van der Waals surface area contributed by atoms with Crippen LogP contribution < -0.4 is 0 Å². The van der Waals surface area contributed by atoms with E-state index < -0.39 is 0 Å². The lowest BCUT2D eigenvalue weighted by Crippen LogP contribution is -2.13. The van der Waals surface area contributed by atoms with E-state index in [0.29, 0.717) is 5.92 Å². The quantitative estimate of drug-likeness (QED) is 0.351. The van der Waals surface area contributed by atoms with Crippen LogP contribution in [-0.4, -0.2) is 6.29 Å². The second-order valence-electron chi connectivity index (χ2n) is 6.72. The van der Waals surface area contributed by atoms with Gasteiger partial charge in [-0.05, 0) is 74.0 Å². The van der Waals surface area contributed by atoms with E-state index in [4.69, 9.17) is 0 Å². The minimum Gasteiger partial charge on any atom is -0.299 e. The van der Waals surface area contributed by atoms with Gasteiger partial charge in [0.2, 0.25) is 0 Å². The van der Waals surface area contributed by atoms with E-state index in [2.05, 4.69) is 37.3 Å². The Morgan fingerprint density at radius 1 is 1.00 bits per heavy atom. The lowest BCUT2D eigenvalue weighted by atomic mass is 9.79. The summed E-state index contributed by atoms with van der Waals surface area (Å²) in [6.45, 7) is 2.21. The Kier molecular flexibility index (Phi) is 7.42. The summed E-state index contributed by atoms with van der Waals surface area (Å²) in [5.74, 6) is 1.57. The van der Waals surface area contributed by atoms with Crippen LogP contribution in [-0.2, 0) is 17.6 Å². The zero-order valence-electron chi connectivity index (χ0n) is 14.0. The third kappa shape index (κ3) is 5.79. The number of allylic oxidation sites excluding steroid dienone is 2. The van der Waals surface area contributed by atoms with Gasteiger partial charge in [-0.2, -0.15) is 0 Å². The summed E-state index contributed by atoms with van der Waals surface area (Å²) in [6, 6.07) is 9.12. The van der Waals surface area contributed by atoms with Crippen LogP contribution in [0.4, 0.5) is 0 Å². The van der Waals surface area contributed by atoms with Crippen LogP contribution in [0.2, 0.25) is 0 Å². The molecule has 0 heterocycles. The molecule has 1 nitrogen and oxygen atoms in total. The van der Waals surface area contributed by atoms with Crippen molar-refractivity contribution in [2.75, 3.05) is 0 Å². The van der Waals surface area contributed by atoms with Crippen LogP contribution >= 0.6 is 0 Å². The summed E-state index contributed by atoms with van der Waals surface area (Å²) in [7, 11) is 0. The van der Waals surface area contributed by atoms with Crippen molar-refractivity contribution >= 4 is 6.29 Å². The number of rotatable bonds is 8. The number of unbranched alkanes of at least 4 members (excludes halogenated alkanes) is 1. The molecule has 0 unspecified atom stereocenters. The maximum absolute atomic E-state index is 10.4. The zero-order chi connectivity index (χ0) is 15.6. The van der Waals surface area contributed by atoms with Crippen molar-refractivity contribution in [3.05, 3.63) is 47.5 Å². The van der Waals surface area contributed by atoms with Crippen molar-refractivity contribution in [3.8, 4) is 0 Å². The van der Waals surface area contributed by atoms with E-state index in [1.165, 1.54) is 62.5 Å². The molecule has 0 aliphatic heterocycles. The summed E-state index contributed by atoms with van der Waals surface area (Å²) >= 11 is 0. The summed E-state index contributed by atoms with van der Waals surface area (Å²) < 4.78 is 0. The molecule has 0 spiro atoms. The van der Waals surface area contributed by atoms with Crippen LogP contribution in [0.15, 0.2) is 36.4 Å². The van der Waals surface area contributed by atoms with E-state index in [1.807, 2.05) is 0 Å².